The third-order valence-corrected chi connectivity index (χ3v) is 10.7. The largest absolute Gasteiger partial charge is 0.456 e. The molecule has 3 heteroatoms. The Morgan fingerprint density at radius 1 is 0.358 bits per heavy atom. The van der Waals surface area contributed by atoms with Crippen LogP contribution in [-0.4, -0.2) is 4.57 Å². The Hall–Kier alpha value is -7.10. The van der Waals surface area contributed by atoms with Crippen molar-refractivity contribution in [2.24, 2.45) is 0 Å². The lowest BCUT2D eigenvalue weighted by Crippen LogP contribution is -2.10. The molecule has 0 spiro atoms. The number of benzene rings is 9. The first-order valence-corrected chi connectivity index (χ1v) is 18.1. The maximum atomic E-state index is 6.31. The number of aromatic nitrogens is 1. The highest BCUT2D eigenvalue weighted by atomic mass is 16.3. The molecule has 0 amide bonds. The van der Waals surface area contributed by atoms with Crippen molar-refractivity contribution in [3.05, 3.63) is 194 Å². The highest BCUT2D eigenvalue weighted by Gasteiger charge is 2.18. The predicted octanol–water partition coefficient (Wildman–Crippen LogP) is 14.1. The summed E-state index contributed by atoms with van der Waals surface area (Å²) in [5.74, 6) is 0. The van der Waals surface area contributed by atoms with E-state index in [2.05, 4.69) is 191 Å². The first-order valence-electron chi connectivity index (χ1n) is 18.1. The van der Waals surface area contributed by atoms with Crippen LogP contribution in [0.2, 0.25) is 0 Å². The number of nitrogens with zero attached hydrogens (tertiary/aromatic N) is 2. The van der Waals surface area contributed by atoms with Crippen molar-refractivity contribution in [3.8, 4) is 16.8 Å². The van der Waals surface area contributed by atoms with Crippen LogP contribution in [0, 0.1) is 0 Å². The number of rotatable bonds is 5. The van der Waals surface area contributed by atoms with Gasteiger partial charge in [-0.25, -0.2) is 0 Å². The molecule has 0 unspecified atom stereocenters. The summed E-state index contributed by atoms with van der Waals surface area (Å²) in [6.07, 6.45) is 0. The molecule has 0 aliphatic rings. The quantitative estimate of drug-likeness (QED) is 0.181. The van der Waals surface area contributed by atoms with E-state index >= 15 is 0 Å². The van der Waals surface area contributed by atoms with Crippen molar-refractivity contribution in [2.75, 3.05) is 4.90 Å². The third kappa shape index (κ3) is 4.75. The Morgan fingerprint density at radius 3 is 1.96 bits per heavy atom. The predicted molar refractivity (Wildman–Crippen MR) is 223 cm³/mol. The van der Waals surface area contributed by atoms with E-state index in [1.807, 2.05) is 12.1 Å². The van der Waals surface area contributed by atoms with E-state index in [-0.39, 0.29) is 0 Å². The van der Waals surface area contributed by atoms with Crippen molar-refractivity contribution < 1.29 is 4.42 Å². The minimum Gasteiger partial charge on any atom is -0.456 e. The highest BCUT2D eigenvalue weighted by Crippen LogP contribution is 2.42. The van der Waals surface area contributed by atoms with Gasteiger partial charge in [0.15, 0.2) is 0 Å². The molecule has 0 fully saturated rings. The zero-order valence-electron chi connectivity index (χ0n) is 28.8. The summed E-state index contributed by atoms with van der Waals surface area (Å²) in [7, 11) is 0. The molecular formula is C50H32N2O. The normalized spacial score (nSPS) is 11.8. The highest BCUT2D eigenvalue weighted by molar-refractivity contribution is 6.11. The van der Waals surface area contributed by atoms with Crippen LogP contribution in [0.3, 0.4) is 0 Å². The molecular weight excluding hydrogens is 645 g/mol. The van der Waals surface area contributed by atoms with Gasteiger partial charge in [-0.3, -0.25) is 0 Å². The average Bonchev–Trinajstić information content (AvgIpc) is 3.76. The van der Waals surface area contributed by atoms with Crippen molar-refractivity contribution in [3.63, 3.8) is 0 Å². The Morgan fingerprint density at radius 2 is 1.04 bits per heavy atom. The first-order chi connectivity index (χ1) is 26.3. The Labute approximate surface area is 306 Å². The van der Waals surface area contributed by atoms with E-state index < -0.39 is 0 Å². The molecule has 0 N–H and O–H groups in total. The number of para-hydroxylation sites is 2. The fourth-order valence-electron chi connectivity index (χ4n) is 8.26. The molecule has 2 aromatic heterocycles. The molecule has 0 radical (unpaired) electrons. The van der Waals surface area contributed by atoms with Crippen molar-refractivity contribution >= 4 is 82.4 Å². The van der Waals surface area contributed by atoms with Crippen LogP contribution >= 0.6 is 0 Å². The summed E-state index contributed by atoms with van der Waals surface area (Å²) in [5.41, 5.74) is 10.9. The van der Waals surface area contributed by atoms with Crippen LogP contribution in [0.5, 0.6) is 0 Å². The second-order valence-electron chi connectivity index (χ2n) is 13.8. The molecule has 2 heterocycles. The van der Waals surface area contributed by atoms with Crippen molar-refractivity contribution in [1.82, 2.24) is 4.57 Å². The van der Waals surface area contributed by atoms with E-state index in [1.54, 1.807) is 0 Å². The lowest BCUT2D eigenvalue weighted by Gasteiger charge is -2.27. The molecule has 9 aromatic carbocycles. The van der Waals surface area contributed by atoms with Gasteiger partial charge in [-0.2, -0.15) is 0 Å². The third-order valence-electron chi connectivity index (χ3n) is 10.7. The molecule has 11 aromatic rings. The van der Waals surface area contributed by atoms with Gasteiger partial charge in [-0.05, 0) is 94.0 Å². The number of hydrogen-bond donors (Lipinski definition) is 0. The van der Waals surface area contributed by atoms with Gasteiger partial charge >= 0.3 is 0 Å². The Bertz CT molecular complexity index is 3200. The molecule has 0 saturated carbocycles. The van der Waals surface area contributed by atoms with Crippen molar-refractivity contribution in [2.45, 2.75) is 0 Å². The van der Waals surface area contributed by atoms with Gasteiger partial charge in [-0.1, -0.05) is 121 Å². The van der Waals surface area contributed by atoms with Crippen molar-refractivity contribution in [1.29, 1.82) is 0 Å². The van der Waals surface area contributed by atoms with Crippen LogP contribution in [0.1, 0.15) is 0 Å². The number of hydrogen-bond acceptors (Lipinski definition) is 2. The van der Waals surface area contributed by atoms with Gasteiger partial charge in [0.1, 0.15) is 11.2 Å². The van der Waals surface area contributed by atoms with Crippen LogP contribution in [0.15, 0.2) is 199 Å². The Balaban J connectivity index is 1.07. The monoisotopic (exact) mass is 676 g/mol. The fourth-order valence-corrected chi connectivity index (χ4v) is 8.26. The Kier molecular flexibility index (Phi) is 6.55. The second-order valence-corrected chi connectivity index (χ2v) is 13.8. The molecule has 3 nitrogen and oxygen atoms in total. The smallest absolute Gasteiger partial charge is 0.137 e. The van der Waals surface area contributed by atoms with E-state index in [4.69, 9.17) is 4.42 Å². The number of fused-ring (bicyclic) bond motifs is 8. The lowest BCUT2D eigenvalue weighted by molar-refractivity contribution is 0.668. The maximum absolute atomic E-state index is 6.31. The minimum atomic E-state index is 0.894. The lowest BCUT2D eigenvalue weighted by atomic mass is 10.0. The van der Waals surface area contributed by atoms with E-state index in [1.165, 1.54) is 43.4 Å². The number of anilines is 3. The van der Waals surface area contributed by atoms with Gasteiger partial charge in [-0.15, -0.1) is 0 Å². The van der Waals surface area contributed by atoms with E-state index in [0.717, 1.165) is 55.8 Å². The molecule has 0 saturated heterocycles. The topological polar surface area (TPSA) is 21.3 Å². The summed E-state index contributed by atoms with van der Waals surface area (Å²) in [6.45, 7) is 0. The van der Waals surface area contributed by atoms with Crippen LogP contribution in [0.4, 0.5) is 17.1 Å². The average molecular weight is 677 g/mol. The summed E-state index contributed by atoms with van der Waals surface area (Å²) >= 11 is 0. The van der Waals surface area contributed by atoms with Gasteiger partial charge in [0.2, 0.25) is 0 Å². The zero-order chi connectivity index (χ0) is 34.9. The summed E-state index contributed by atoms with van der Waals surface area (Å²) in [4.78, 5) is 2.40. The zero-order valence-corrected chi connectivity index (χ0v) is 28.8. The van der Waals surface area contributed by atoms with Gasteiger partial charge < -0.3 is 13.9 Å². The van der Waals surface area contributed by atoms with Gasteiger partial charge in [0, 0.05) is 50.1 Å². The minimum absolute atomic E-state index is 0.894. The maximum Gasteiger partial charge on any atom is 0.137 e. The second kappa shape index (κ2) is 11.7. The molecule has 0 aliphatic carbocycles. The summed E-state index contributed by atoms with van der Waals surface area (Å²) in [6, 6.07) is 69.9. The van der Waals surface area contributed by atoms with Crippen LogP contribution in [0.25, 0.3) is 82.1 Å². The fraction of sp³-hybridized carbons (Fsp3) is 0. The van der Waals surface area contributed by atoms with E-state index in [0.29, 0.717) is 0 Å². The molecule has 11 rings (SSSR count). The van der Waals surface area contributed by atoms with Crippen LogP contribution in [-0.2, 0) is 0 Å². The van der Waals surface area contributed by atoms with E-state index in [9.17, 15) is 0 Å². The van der Waals surface area contributed by atoms with Crippen LogP contribution < -0.4 is 4.90 Å². The van der Waals surface area contributed by atoms with Gasteiger partial charge in [0.25, 0.3) is 0 Å². The summed E-state index contributed by atoms with van der Waals surface area (Å²) in [5, 5.41) is 9.58. The summed E-state index contributed by atoms with van der Waals surface area (Å²) < 4.78 is 8.67. The first kappa shape index (κ1) is 29.6. The molecule has 0 aliphatic heterocycles. The molecule has 0 atom stereocenters. The molecule has 248 valence electrons. The number of furan rings is 1. The molecule has 0 bridgehead atoms. The van der Waals surface area contributed by atoms with Gasteiger partial charge in [0.05, 0.1) is 16.7 Å². The standard InChI is InChI=1S/C50H32N2O/c1-2-13-35-29-39(25-23-33(35)11-1)51(46-21-10-14-34-12-3-4-17-41(34)46)38-16-9-15-36(30-38)37-24-28-48-45(31-37)42-18-5-7-20-47(42)52(48)40-26-27-44-43-19-6-8-22-49(43)53-50(44)32-40/h1-32H. The SMILES string of the molecule is c1cc(-c2ccc3c(c2)c2ccccc2n3-c2ccc3c(c2)oc2ccccc23)cc(N(c2ccc3ccccc3c2)c2cccc3ccccc23)c1. The molecule has 53 heavy (non-hydrogen) atoms.